The van der Waals surface area contributed by atoms with Crippen LogP contribution in [0.25, 0.3) is 17.1 Å². The third-order valence-electron chi connectivity index (χ3n) is 6.95. The van der Waals surface area contributed by atoms with Crippen molar-refractivity contribution >= 4 is 0 Å². The van der Waals surface area contributed by atoms with E-state index < -0.39 is 22.7 Å². The molecule has 9 heteroatoms. The topological polar surface area (TPSA) is 78.0 Å². The van der Waals surface area contributed by atoms with Gasteiger partial charge in [0, 0.05) is 18.3 Å². The van der Waals surface area contributed by atoms with E-state index in [2.05, 4.69) is 15.2 Å². The highest BCUT2D eigenvalue weighted by Gasteiger charge is 2.52. The van der Waals surface area contributed by atoms with Crippen LogP contribution in [0.2, 0.25) is 0 Å². The highest BCUT2D eigenvalue weighted by Crippen LogP contribution is 2.48. The summed E-state index contributed by atoms with van der Waals surface area (Å²) in [4.78, 5) is 4.28. The molecule has 2 aromatic heterocycles. The van der Waals surface area contributed by atoms with Crippen molar-refractivity contribution in [3.8, 4) is 22.8 Å². The Morgan fingerprint density at radius 2 is 1.89 bits per heavy atom. The first-order chi connectivity index (χ1) is 16.7. The zero-order chi connectivity index (χ0) is 25.0. The van der Waals surface area contributed by atoms with Crippen LogP contribution in [0.3, 0.4) is 0 Å². The van der Waals surface area contributed by atoms with E-state index in [0.717, 1.165) is 29.1 Å². The van der Waals surface area contributed by atoms with Gasteiger partial charge in [0.1, 0.15) is 11.6 Å². The molecule has 0 fully saturated rings. The minimum absolute atomic E-state index is 0.465. The highest BCUT2D eigenvalue weighted by atomic mass is 19.2. The van der Waals surface area contributed by atoms with E-state index in [1.54, 1.807) is 27.3 Å². The summed E-state index contributed by atoms with van der Waals surface area (Å²) < 4.78 is 37.5. The number of halogens is 2. The lowest BCUT2D eigenvalue weighted by Crippen LogP contribution is -2.52. The van der Waals surface area contributed by atoms with Gasteiger partial charge in [0.15, 0.2) is 17.5 Å². The van der Waals surface area contributed by atoms with E-state index in [1.807, 2.05) is 40.5 Å². The Hall–Kier alpha value is -3.59. The molecule has 0 radical (unpaired) electrons. The molecule has 0 saturated carbocycles. The molecule has 182 valence electrons. The van der Waals surface area contributed by atoms with Crippen LogP contribution in [0.1, 0.15) is 43.8 Å². The smallest absolute Gasteiger partial charge is 0.164 e. The lowest BCUT2D eigenvalue weighted by Gasteiger charge is -2.45. The maximum atomic E-state index is 14.3. The molecule has 1 aliphatic heterocycles. The SMILES string of the molecule is COc1cc(-c2nnc3n2CCCC3(c2ccc(F)c(F)c2)C(C)(C)O)ccc1-n1cnc(C)c1. The Morgan fingerprint density at radius 1 is 1.09 bits per heavy atom. The summed E-state index contributed by atoms with van der Waals surface area (Å²) in [5.74, 6) is -0.119. The van der Waals surface area contributed by atoms with E-state index in [9.17, 15) is 13.9 Å². The van der Waals surface area contributed by atoms with Gasteiger partial charge in [-0.1, -0.05) is 6.07 Å². The number of fused-ring (bicyclic) bond motifs is 1. The zero-order valence-corrected chi connectivity index (χ0v) is 20.1. The predicted molar refractivity (Wildman–Crippen MR) is 127 cm³/mol. The van der Waals surface area contributed by atoms with Gasteiger partial charge in [-0.05, 0) is 69.5 Å². The first kappa shape index (κ1) is 23.2. The van der Waals surface area contributed by atoms with Crippen molar-refractivity contribution in [2.45, 2.75) is 51.2 Å². The van der Waals surface area contributed by atoms with Gasteiger partial charge < -0.3 is 19.0 Å². The van der Waals surface area contributed by atoms with Crippen LogP contribution < -0.4 is 4.74 Å². The van der Waals surface area contributed by atoms with Crippen molar-refractivity contribution in [1.82, 2.24) is 24.3 Å². The van der Waals surface area contributed by atoms with Gasteiger partial charge in [0.05, 0.1) is 35.8 Å². The van der Waals surface area contributed by atoms with Crippen molar-refractivity contribution in [3.05, 3.63) is 77.6 Å². The van der Waals surface area contributed by atoms with Gasteiger partial charge >= 0.3 is 0 Å². The Kier molecular flexibility index (Phi) is 5.47. The molecule has 4 aromatic rings. The standard InChI is InChI=1S/C26H27F2N5O2/c1-16-14-32(15-29-16)21-9-6-17(12-22(21)35-4)23-30-31-24-26(25(2,3)34,10-5-11-33(23)24)18-7-8-19(27)20(28)13-18/h6-9,12-15,34H,5,10-11H2,1-4H3. The number of imidazole rings is 1. The fraction of sp³-hybridized carbons (Fsp3) is 0.346. The van der Waals surface area contributed by atoms with E-state index in [1.165, 1.54) is 6.07 Å². The maximum absolute atomic E-state index is 14.3. The van der Waals surface area contributed by atoms with Gasteiger partial charge in [0.25, 0.3) is 0 Å². The third kappa shape index (κ3) is 3.61. The molecule has 5 rings (SSSR count). The Bertz CT molecular complexity index is 1410. The number of hydrogen-bond acceptors (Lipinski definition) is 5. The maximum Gasteiger partial charge on any atom is 0.164 e. The fourth-order valence-corrected chi connectivity index (χ4v) is 5.21. The van der Waals surface area contributed by atoms with E-state index in [0.29, 0.717) is 42.3 Å². The summed E-state index contributed by atoms with van der Waals surface area (Å²) in [5.41, 5.74) is 0.597. The van der Waals surface area contributed by atoms with Crippen molar-refractivity contribution in [3.63, 3.8) is 0 Å². The molecule has 1 aliphatic rings. The molecule has 0 spiro atoms. The van der Waals surface area contributed by atoms with Crippen LogP contribution in [0.5, 0.6) is 5.75 Å². The van der Waals surface area contributed by atoms with E-state index in [4.69, 9.17) is 4.74 Å². The molecule has 35 heavy (non-hydrogen) atoms. The average molecular weight is 480 g/mol. The van der Waals surface area contributed by atoms with Gasteiger partial charge in [-0.3, -0.25) is 0 Å². The third-order valence-corrected chi connectivity index (χ3v) is 6.95. The first-order valence-electron chi connectivity index (χ1n) is 11.5. The van der Waals surface area contributed by atoms with Gasteiger partial charge in [-0.15, -0.1) is 10.2 Å². The number of methoxy groups -OCH3 is 1. The molecular weight excluding hydrogens is 452 g/mol. The van der Waals surface area contributed by atoms with Crippen molar-refractivity contribution in [2.75, 3.05) is 7.11 Å². The summed E-state index contributed by atoms with van der Waals surface area (Å²) in [7, 11) is 1.61. The predicted octanol–water partition coefficient (Wildman–Crippen LogP) is 4.58. The normalized spacial score (nSPS) is 17.9. The summed E-state index contributed by atoms with van der Waals surface area (Å²) in [6.45, 7) is 5.89. The van der Waals surface area contributed by atoms with Crippen LogP contribution >= 0.6 is 0 Å². The summed E-state index contributed by atoms with van der Waals surface area (Å²) in [5, 5.41) is 20.3. The molecule has 1 N–H and O–H groups in total. The van der Waals surface area contributed by atoms with Crippen LogP contribution in [0.15, 0.2) is 48.9 Å². The molecule has 3 heterocycles. The molecule has 0 saturated heterocycles. The largest absolute Gasteiger partial charge is 0.495 e. The lowest BCUT2D eigenvalue weighted by molar-refractivity contribution is -0.00469. The quantitative estimate of drug-likeness (QED) is 0.454. The molecule has 0 bridgehead atoms. The highest BCUT2D eigenvalue weighted by molar-refractivity contribution is 5.64. The van der Waals surface area contributed by atoms with E-state index in [-0.39, 0.29) is 0 Å². The van der Waals surface area contributed by atoms with Crippen LogP contribution in [0.4, 0.5) is 8.78 Å². The number of rotatable bonds is 5. The number of ether oxygens (including phenoxy) is 1. The molecule has 1 unspecified atom stereocenters. The zero-order valence-electron chi connectivity index (χ0n) is 20.1. The minimum atomic E-state index is -1.32. The van der Waals surface area contributed by atoms with Crippen LogP contribution in [0, 0.1) is 18.6 Å². The van der Waals surface area contributed by atoms with Crippen LogP contribution in [-0.2, 0) is 12.0 Å². The second-order valence-electron chi connectivity index (χ2n) is 9.50. The Morgan fingerprint density at radius 3 is 2.54 bits per heavy atom. The summed E-state index contributed by atoms with van der Waals surface area (Å²) in [6.07, 6.45) is 4.85. The Balaban J connectivity index is 1.65. The molecule has 1 atom stereocenters. The second-order valence-corrected chi connectivity index (χ2v) is 9.50. The van der Waals surface area contributed by atoms with Crippen molar-refractivity contribution < 1.29 is 18.6 Å². The van der Waals surface area contributed by atoms with Gasteiger partial charge in [-0.25, -0.2) is 13.8 Å². The molecular formula is C26H27F2N5O2. The molecule has 2 aromatic carbocycles. The number of benzene rings is 2. The number of aliphatic hydroxyl groups is 1. The average Bonchev–Trinajstić information content (AvgIpc) is 3.46. The van der Waals surface area contributed by atoms with Gasteiger partial charge in [0.2, 0.25) is 0 Å². The number of aryl methyl sites for hydroxylation is 1. The van der Waals surface area contributed by atoms with Crippen LogP contribution in [-0.4, -0.2) is 42.1 Å². The second kappa shape index (κ2) is 8.27. The number of nitrogens with zero attached hydrogens (tertiary/aromatic N) is 5. The fourth-order valence-electron chi connectivity index (χ4n) is 5.21. The molecule has 0 amide bonds. The van der Waals surface area contributed by atoms with E-state index >= 15 is 0 Å². The minimum Gasteiger partial charge on any atom is -0.495 e. The summed E-state index contributed by atoms with van der Waals surface area (Å²) >= 11 is 0. The number of hydrogen-bond donors (Lipinski definition) is 1. The van der Waals surface area contributed by atoms with Crippen molar-refractivity contribution in [1.29, 1.82) is 0 Å². The van der Waals surface area contributed by atoms with Gasteiger partial charge in [-0.2, -0.15) is 0 Å². The molecule has 0 aliphatic carbocycles. The molecule has 7 nitrogen and oxygen atoms in total. The Labute approximate surface area is 202 Å². The first-order valence-corrected chi connectivity index (χ1v) is 11.5. The number of aromatic nitrogens is 5. The monoisotopic (exact) mass is 479 g/mol. The lowest BCUT2D eigenvalue weighted by atomic mass is 9.64. The summed E-state index contributed by atoms with van der Waals surface area (Å²) in [6, 6.07) is 9.52. The van der Waals surface area contributed by atoms with Crippen molar-refractivity contribution in [2.24, 2.45) is 0 Å².